The van der Waals surface area contributed by atoms with Crippen LogP contribution in [0.3, 0.4) is 0 Å². The van der Waals surface area contributed by atoms with Gasteiger partial charge in [0.2, 0.25) is 0 Å². The zero-order valence-corrected chi connectivity index (χ0v) is 33.5. The van der Waals surface area contributed by atoms with Gasteiger partial charge in [-0.2, -0.15) is 0 Å². The van der Waals surface area contributed by atoms with Crippen molar-refractivity contribution in [3.63, 3.8) is 0 Å². The van der Waals surface area contributed by atoms with Crippen molar-refractivity contribution in [3.05, 3.63) is 71.3 Å². The molecule has 7 aliphatic rings. The maximum absolute atomic E-state index is 13.7. The summed E-state index contributed by atoms with van der Waals surface area (Å²) in [4.78, 5) is 2.90. The molecule has 0 aromatic heterocycles. The summed E-state index contributed by atoms with van der Waals surface area (Å²) >= 11 is 0. The fourth-order valence-electron chi connectivity index (χ4n) is 13.5. The summed E-state index contributed by atoms with van der Waals surface area (Å²) < 4.78 is 18.4. The molecule has 1 saturated heterocycles. The Hall–Kier alpha value is -1.75. The van der Waals surface area contributed by atoms with Crippen molar-refractivity contribution in [1.82, 2.24) is 4.90 Å². The van der Waals surface area contributed by atoms with Gasteiger partial charge in [-0.25, -0.2) is 0 Å². The molecule has 1 N–H and O–H groups in total. The number of alkyl halides is 1. The maximum Gasteiger partial charge on any atom is 0.144 e. The first-order valence-corrected chi connectivity index (χ1v) is 20.8. The Balaban J connectivity index is 0.000000296. The highest BCUT2D eigenvalue weighted by Crippen LogP contribution is 2.73. The number of ether oxygens (including phenoxy) is 1. The van der Waals surface area contributed by atoms with Crippen molar-refractivity contribution in [1.29, 1.82) is 0 Å². The molecule has 4 saturated carbocycles. The van der Waals surface area contributed by atoms with E-state index < -0.39 is 0 Å². The first-order valence-electron chi connectivity index (χ1n) is 20.8. The molecule has 1 aromatic rings. The molecule has 1 aliphatic heterocycles. The fourth-order valence-corrected chi connectivity index (χ4v) is 13.5. The predicted molar refractivity (Wildman–Crippen MR) is 218 cm³/mol. The second-order valence-corrected chi connectivity index (χ2v) is 19.7. The zero-order chi connectivity index (χ0) is 36.7. The number of fused-ring (bicyclic) bond motifs is 7. The highest BCUT2D eigenvalue weighted by atomic mass is 19.1. The molecular formula is C48H76FNO2. The Morgan fingerprint density at radius 3 is 2.17 bits per heavy atom. The standard InChI is InChI=1S/C35H54FN.C8H10O2.C4H8.CH4/c1-31(2)26(24-10-16-32(3,23-36)17-11-24)12-18-34(5)29(31)14-19-33(4)27-13-20-35(37-21-22-37)15-6-7-28(35)25(27)8-9-30(33)34;9-7-10-6-8-4-2-1-3-5-8;1-4(2)3;/h10,12,25,27-30H,6-9,11,13-23H2,1-5H3;1-5,9H,6-7H2;1H2,2-3H3;1H4/t25?,27?,28?,29?,30?,32-,33?,34?,35?;;;/m0.../s1. The highest BCUT2D eigenvalue weighted by molar-refractivity contribution is 5.41. The molecule has 0 bridgehead atoms. The van der Waals surface area contributed by atoms with E-state index in [1.54, 1.807) is 11.1 Å². The van der Waals surface area contributed by atoms with E-state index in [2.05, 4.69) is 58.2 Å². The Bertz CT molecular complexity index is 1420. The molecule has 1 aromatic carbocycles. The average molecular weight is 718 g/mol. The molecule has 4 heteroatoms. The number of hydrogen-bond acceptors (Lipinski definition) is 3. The molecule has 52 heavy (non-hydrogen) atoms. The normalized spacial score (nSPS) is 39.9. The second kappa shape index (κ2) is 16.2. The number of halogens is 1. The second-order valence-electron chi connectivity index (χ2n) is 19.7. The van der Waals surface area contributed by atoms with E-state index in [-0.39, 0.29) is 31.7 Å². The summed E-state index contributed by atoms with van der Waals surface area (Å²) in [5, 5.41) is 8.31. The number of allylic oxidation sites excluding steroid dienone is 5. The third-order valence-corrected chi connectivity index (χ3v) is 15.8. The average Bonchev–Trinajstić information content (AvgIpc) is 3.87. The van der Waals surface area contributed by atoms with Crippen LogP contribution >= 0.6 is 0 Å². The van der Waals surface area contributed by atoms with Crippen molar-refractivity contribution in [2.24, 2.45) is 51.2 Å². The number of rotatable bonds is 6. The lowest BCUT2D eigenvalue weighted by atomic mass is 9.37. The van der Waals surface area contributed by atoms with Gasteiger partial charge in [-0.05, 0) is 159 Å². The monoisotopic (exact) mass is 718 g/mol. The van der Waals surface area contributed by atoms with Crippen molar-refractivity contribution in [2.75, 3.05) is 26.6 Å². The number of nitrogens with zero attached hydrogens (tertiary/aromatic N) is 1. The minimum Gasteiger partial charge on any atom is -0.371 e. The number of aliphatic hydroxyl groups is 1. The molecule has 8 unspecified atom stereocenters. The van der Waals surface area contributed by atoms with Crippen LogP contribution in [0.25, 0.3) is 0 Å². The molecule has 5 fully saturated rings. The number of benzene rings is 1. The molecule has 3 nitrogen and oxygen atoms in total. The van der Waals surface area contributed by atoms with Crippen LogP contribution in [0, 0.1) is 51.2 Å². The number of aliphatic hydroxyl groups excluding tert-OH is 1. The van der Waals surface area contributed by atoms with Gasteiger partial charge >= 0.3 is 0 Å². The lowest BCUT2D eigenvalue weighted by molar-refractivity contribution is -0.178. The largest absolute Gasteiger partial charge is 0.371 e. The van der Waals surface area contributed by atoms with Gasteiger partial charge in [0.05, 0.1) is 13.3 Å². The van der Waals surface area contributed by atoms with E-state index >= 15 is 0 Å². The lowest BCUT2D eigenvalue weighted by Gasteiger charge is -2.68. The Morgan fingerprint density at radius 1 is 0.846 bits per heavy atom. The third kappa shape index (κ3) is 7.70. The van der Waals surface area contributed by atoms with Crippen LogP contribution < -0.4 is 0 Å². The van der Waals surface area contributed by atoms with Crippen LogP contribution in [0.5, 0.6) is 0 Å². The predicted octanol–water partition coefficient (Wildman–Crippen LogP) is 12.5. The van der Waals surface area contributed by atoms with E-state index in [1.165, 1.54) is 82.9 Å². The van der Waals surface area contributed by atoms with E-state index in [1.807, 2.05) is 44.2 Å². The minimum atomic E-state index is -0.213. The van der Waals surface area contributed by atoms with Crippen LogP contribution in [0.4, 0.5) is 4.39 Å². The van der Waals surface area contributed by atoms with Crippen molar-refractivity contribution in [2.45, 2.75) is 152 Å². The van der Waals surface area contributed by atoms with Gasteiger partial charge in [-0.1, -0.05) is 96.5 Å². The van der Waals surface area contributed by atoms with E-state index in [0.717, 1.165) is 54.4 Å². The third-order valence-electron chi connectivity index (χ3n) is 15.8. The van der Waals surface area contributed by atoms with Gasteiger partial charge < -0.3 is 9.84 Å². The topological polar surface area (TPSA) is 32.5 Å². The Labute approximate surface area is 318 Å². The smallest absolute Gasteiger partial charge is 0.144 e. The summed E-state index contributed by atoms with van der Waals surface area (Å²) in [6.45, 7) is 23.2. The van der Waals surface area contributed by atoms with Crippen molar-refractivity contribution < 1.29 is 14.2 Å². The Morgan fingerprint density at radius 2 is 1.56 bits per heavy atom. The summed E-state index contributed by atoms with van der Waals surface area (Å²) in [5.74, 6) is 4.62. The summed E-state index contributed by atoms with van der Waals surface area (Å²) in [7, 11) is 0. The van der Waals surface area contributed by atoms with Gasteiger partial charge in [0.25, 0.3) is 0 Å². The molecule has 9 atom stereocenters. The van der Waals surface area contributed by atoms with E-state index in [4.69, 9.17) is 9.84 Å². The lowest BCUT2D eigenvalue weighted by Crippen LogP contribution is -2.62. The van der Waals surface area contributed by atoms with Crippen LogP contribution in [-0.2, 0) is 11.3 Å². The van der Waals surface area contributed by atoms with E-state index in [0.29, 0.717) is 23.0 Å². The van der Waals surface area contributed by atoms with Crippen LogP contribution in [0.15, 0.2) is 65.8 Å². The summed E-state index contributed by atoms with van der Waals surface area (Å²) in [6.07, 6.45) is 22.8. The first-order chi connectivity index (χ1) is 24.2. The van der Waals surface area contributed by atoms with Gasteiger partial charge in [0, 0.05) is 18.6 Å². The van der Waals surface area contributed by atoms with Crippen molar-refractivity contribution >= 4 is 0 Å². The van der Waals surface area contributed by atoms with Crippen LogP contribution in [0.1, 0.15) is 145 Å². The minimum absolute atomic E-state index is 0. The molecule has 6 aliphatic carbocycles. The maximum atomic E-state index is 13.7. The molecule has 8 rings (SSSR count). The first kappa shape index (κ1) is 41.4. The number of hydrogen-bond donors (Lipinski definition) is 1. The summed E-state index contributed by atoms with van der Waals surface area (Å²) in [6, 6.07) is 9.74. The van der Waals surface area contributed by atoms with Crippen molar-refractivity contribution in [3.8, 4) is 0 Å². The van der Waals surface area contributed by atoms with E-state index in [9.17, 15) is 4.39 Å². The molecule has 0 amide bonds. The zero-order valence-electron chi connectivity index (χ0n) is 33.5. The quantitative estimate of drug-likeness (QED) is 0.181. The Kier molecular flexibility index (Phi) is 12.9. The fraction of sp³-hybridized carbons (Fsp3) is 0.750. The molecule has 1 heterocycles. The molecule has 292 valence electrons. The van der Waals surface area contributed by atoms with Gasteiger partial charge in [-0.15, -0.1) is 6.58 Å². The van der Waals surface area contributed by atoms with Crippen LogP contribution in [0.2, 0.25) is 0 Å². The molecular weight excluding hydrogens is 642 g/mol. The SMILES string of the molecule is C.C=C(C)C.CC1(C)C(C2=CC[C@](C)(CF)CC2)=CCC2(C)C1CCC1(C)C3CCC4(N5CC5)CCCC4C3CCC12.OCOCc1ccccc1. The highest BCUT2D eigenvalue weighted by Gasteiger charge is 2.66. The summed E-state index contributed by atoms with van der Waals surface area (Å²) in [5.41, 5.74) is 7.13. The van der Waals surface area contributed by atoms with Gasteiger partial charge in [0.1, 0.15) is 6.79 Å². The molecule has 0 radical (unpaired) electrons. The van der Waals surface area contributed by atoms with Crippen LogP contribution in [-0.4, -0.2) is 42.1 Å². The molecule has 0 spiro atoms. The van der Waals surface area contributed by atoms with Gasteiger partial charge in [0.15, 0.2) is 0 Å². The van der Waals surface area contributed by atoms with Gasteiger partial charge in [-0.3, -0.25) is 9.29 Å².